The predicted molar refractivity (Wildman–Crippen MR) is 116 cm³/mol. The maximum Gasteiger partial charge on any atom is 0.277 e. The first-order valence-corrected chi connectivity index (χ1v) is 10.6. The van der Waals surface area contributed by atoms with Crippen molar-refractivity contribution in [1.82, 2.24) is 9.58 Å². The third-order valence-electron chi connectivity index (χ3n) is 5.94. The number of hydrogen-bond acceptors (Lipinski definition) is 5. The Labute approximate surface area is 188 Å². The second-order valence-corrected chi connectivity index (χ2v) is 8.07. The van der Waals surface area contributed by atoms with Crippen LogP contribution in [0.3, 0.4) is 0 Å². The van der Waals surface area contributed by atoms with Gasteiger partial charge in [-0.2, -0.15) is 0 Å². The molecule has 170 valence electrons. The molecule has 1 atom stereocenters. The van der Waals surface area contributed by atoms with Gasteiger partial charge in [0.2, 0.25) is 5.43 Å². The summed E-state index contributed by atoms with van der Waals surface area (Å²) in [6, 6.07) is 10.4. The Bertz CT molecular complexity index is 1290. The van der Waals surface area contributed by atoms with Crippen molar-refractivity contribution < 1.29 is 23.4 Å². The number of amides is 1. The Morgan fingerprint density at radius 3 is 2.64 bits per heavy atom. The number of benzene rings is 2. The van der Waals surface area contributed by atoms with Gasteiger partial charge in [0.25, 0.3) is 5.91 Å². The second-order valence-electron chi connectivity index (χ2n) is 8.07. The van der Waals surface area contributed by atoms with E-state index in [4.69, 9.17) is 4.74 Å². The summed E-state index contributed by atoms with van der Waals surface area (Å²) in [7, 11) is 0. The molecule has 1 N–H and O–H groups in total. The van der Waals surface area contributed by atoms with Crippen molar-refractivity contribution in [1.29, 1.82) is 0 Å². The summed E-state index contributed by atoms with van der Waals surface area (Å²) in [6.45, 7) is 0.791. The number of ether oxygens (including phenoxy) is 1. The molecule has 5 rings (SSSR count). The van der Waals surface area contributed by atoms with E-state index >= 15 is 0 Å². The quantitative estimate of drug-likeness (QED) is 0.613. The SMILES string of the molecule is O=C1c2c(O)c(=O)ccn2N2CN1CCCCOc1ccc(F)cc1[C@@H]2c1cccc(F)c1. The lowest BCUT2D eigenvalue weighted by atomic mass is 9.96. The molecule has 0 aliphatic carbocycles. The standard InChI is InChI=1S/C24H21F2N3O4/c25-16-5-3-4-15(12-16)21-18-13-17(26)6-7-20(18)33-11-2-1-9-27-14-29(21)28-10-8-19(30)23(31)22(28)24(27)32/h3-8,10,12-13,21,31H,1-2,9,11,14H2/t21-/m0/s1. The molecule has 7 nitrogen and oxygen atoms in total. The molecule has 2 aliphatic rings. The average Bonchev–Trinajstić information content (AvgIpc) is 2.82. The fraction of sp³-hybridized carbons (Fsp3) is 0.250. The van der Waals surface area contributed by atoms with E-state index in [1.54, 1.807) is 17.1 Å². The van der Waals surface area contributed by atoms with E-state index in [9.17, 15) is 23.5 Å². The van der Waals surface area contributed by atoms with Crippen LogP contribution in [-0.4, -0.2) is 40.4 Å². The summed E-state index contributed by atoms with van der Waals surface area (Å²) >= 11 is 0. The topological polar surface area (TPSA) is 75.0 Å². The van der Waals surface area contributed by atoms with Crippen molar-refractivity contribution in [3.05, 3.63) is 93.4 Å². The fourth-order valence-corrected chi connectivity index (χ4v) is 4.41. The number of hydrogen-bond donors (Lipinski definition) is 1. The fourth-order valence-electron chi connectivity index (χ4n) is 4.41. The predicted octanol–water partition coefficient (Wildman–Crippen LogP) is 3.15. The number of aromatic hydroxyl groups is 1. The first kappa shape index (κ1) is 21.0. The first-order chi connectivity index (χ1) is 15.9. The molecule has 0 spiro atoms. The highest BCUT2D eigenvalue weighted by molar-refractivity contribution is 5.96. The van der Waals surface area contributed by atoms with Crippen molar-refractivity contribution in [3.63, 3.8) is 0 Å². The van der Waals surface area contributed by atoms with Gasteiger partial charge in [-0.25, -0.2) is 8.78 Å². The van der Waals surface area contributed by atoms with Crippen LogP contribution in [0.25, 0.3) is 0 Å². The molecule has 0 saturated heterocycles. The minimum absolute atomic E-state index is 0.0747. The maximum atomic E-state index is 14.5. The van der Waals surface area contributed by atoms with Crippen LogP contribution < -0.4 is 15.2 Å². The number of aromatic nitrogens is 1. The minimum atomic E-state index is -0.791. The lowest BCUT2D eigenvalue weighted by Gasteiger charge is -2.44. The molecule has 3 aromatic rings. The van der Waals surface area contributed by atoms with E-state index in [1.165, 1.54) is 46.1 Å². The Morgan fingerprint density at radius 1 is 1.00 bits per heavy atom. The molecule has 2 aromatic carbocycles. The largest absolute Gasteiger partial charge is 0.502 e. The summed E-state index contributed by atoms with van der Waals surface area (Å²) in [5.74, 6) is -1.70. The van der Waals surface area contributed by atoms with Crippen LogP contribution in [0.2, 0.25) is 0 Å². The third kappa shape index (κ3) is 3.69. The lowest BCUT2D eigenvalue weighted by molar-refractivity contribution is 0.0676. The van der Waals surface area contributed by atoms with Gasteiger partial charge in [0.05, 0.1) is 6.61 Å². The smallest absolute Gasteiger partial charge is 0.277 e. The second kappa shape index (κ2) is 8.23. The zero-order chi connectivity index (χ0) is 23.1. The minimum Gasteiger partial charge on any atom is -0.502 e. The van der Waals surface area contributed by atoms with Gasteiger partial charge in [-0.05, 0) is 48.7 Å². The molecular weight excluding hydrogens is 432 g/mol. The number of pyridine rings is 1. The highest BCUT2D eigenvalue weighted by Crippen LogP contribution is 2.37. The summed E-state index contributed by atoms with van der Waals surface area (Å²) in [4.78, 5) is 26.8. The number of nitrogens with zero attached hydrogens (tertiary/aromatic N) is 3. The van der Waals surface area contributed by atoms with Crippen LogP contribution in [0.5, 0.6) is 11.5 Å². The molecule has 0 fully saturated rings. The monoisotopic (exact) mass is 453 g/mol. The van der Waals surface area contributed by atoms with E-state index in [0.29, 0.717) is 42.9 Å². The Hall–Kier alpha value is -3.88. The van der Waals surface area contributed by atoms with Crippen LogP contribution in [0.4, 0.5) is 8.78 Å². The molecule has 1 aromatic heterocycles. The number of rotatable bonds is 1. The molecule has 0 saturated carbocycles. The molecule has 9 heteroatoms. The van der Waals surface area contributed by atoms with Gasteiger partial charge < -0.3 is 14.7 Å². The Balaban J connectivity index is 1.81. The Kier molecular flexibility index (Phi) is 5.24. The molecule has 0 radical (unpaired) electrons. The van der Waals surface area contributed by atoms with Crippen molar-refractivity contribution >= 4 is 5.91 Å². The van der Waals surface area contributed by atoms with Gasteiger partial charge in [0.1, 0.15) is 30.1 Å². The van der Waals surface area contributed by atoms with Gasteiger partial charge in [0, 0.05) is 24.4 Å². The first-order valence-electron chi connectivity index (χ1n) is 10.6. The van der Waals surface area contributed by atoms with Crippen LogP contribution in [0.15, 0.2) is 59.5 Å². The zero-order valence-corrected chi connectivity index (χ0v) is 17.6. The van der Waals surface area contributed by atoms with E-state index in [1.807, 2.05) is 0 Å². The van der Waals surface area contributed by atoms with Crippen molar-refractivity contribution in [3.8, 4) is 11.5 Å². The molecule has 33 heavy (non-hydrogen) atoms. The Morgan fingerprint density at radius 2 is 1.82 bits per heavy atom. The summed E-state index contributed by atoms with van der Waals surface area (Å²) in [5.41, 5.74) is 0.0511. The van der Waals surface area contributed by atoms with Gasteiger partial charge in [-0.1, -0.05) is 12.1 Å². The van der Waals surface area contributed by atoms with Gasteiger partial charge in [-0.3, -0.25) is 19.3 Å². The van der Waals surface area contributed by atoms with E-state index in [-0.39, 0.29) is 12.4 Å². The number of carbonyl (C=O) groups is 1. The van der Waals surface area contributed by atoms with Crippen LogP contribution in [0.1, 0.15) is 40.5 Å². The number of carbonyl (C=O) groups excluding carboxylic acids is 1. The normalized spacial score (nSPS) is 18.1. The number of fused-ring (bicyclic) bond motifs is 5. The lowest BCUT2D eigenvalue weighted by Crippen LogP contribution is -2.55. The highest BCUT2D eigenvalue weighted by Gasteiger charge is 2.37. The van der Waals surface area contributed by atoms with E-state index in [2.05, 4.69) is 0 Å². The molecule has 0 unspecified atom stereocenters. The van der Waals surface area contributed by atoms with Crippen LogP contribution >= 0.6 is 0 Å². The van der Waals surface area contributed by atoms with E-state index in [0.717, 1.165) is 6.07 Å². The molecule has 1 amide bonds. The maximum absolute atomic E-state index is 14.5. The van der Waals surface area contributed by atoms with E-state index < -0.39 is 34.8 Å². The van der Waals surface area contributed by atoms with Gasteiger partial charge in [-0.15, -0.1) is 0 Å². The van der Waals surface area contributed by atoms with Crippen LogP contribution in [-0.2, 0) is 0 Å². The van der Waals surface area contributed by atoms with Crippen molar-refractivity contribution in [2.24, 2.45) is 0 Å². The zero-order valence-electron chi connectivity index (χ0n) is 17.6. The van der Waals surface area contributed by atoms with Gasteiger partial charge in [0.15, 0.2) is 11.4 Å². The number of halogens is 2. The van der Waals surface area contributed by atoms with Crippen molar-refractivity contribution in [2.45, 2.75) is 18.9 Å². The van der Waals surface area contributed by atoms with Gasteiger partial charge >= 0.3 is 0 Å². The molecular formula is C24H21F2N3O4. The molecule has 2 bridgehead atoms. The highest BCUT2D eigenvalue weighted by atomic mass is 19.1. The average molecular weight is 453 g/mol. The molecule has 3 heterocycles. The third-order valence-corrected chi connectivity index (χ3v) is 5.94. The molecule has 2 aliphatic heterocycles. The van der Waals surface area contributed by atoms with Crippen LogP contribution in [0, 0.1) is 11.6 Å². The summed E-state index contributed by atoms with van der Waals surface area (Å²) in [6.07, 6.45) is 2.65. The summed E-state index contributed by atoms with van der Waals surface area (Å²) < 4.78 is 36.1. The van der Waals surface area contributed by atoms with Crippen molar-refractivity contribution in [2.75, 3.05) is 24.8 Å². The summed E-state index contributed by atoms with van der Waals surface area (Å²) in [5, 5.41) is 12.2.